The summed E-state index contributed by atoms with van der Waals surface area (Å²) < 4.78 is 0. The molecule has 1 aliphatic carbocycles. The lowest BCUT2D eigenvalue weighted by molar-refractivity contribution is 0.0966. The predicted octanol–water partition coefficient (Wildman–Crippen LogP) is 3.18. The monoisotopic (exact) mass is 359 g/mol. The van der Waals surface area contributed by atoms with Gasteiger partial charge < -0.3 is 4.90 Å². The highest BCUT2D eigenvalue weighted by Crippen LogP contribution is 2.34. The first-order chi connectivity index (χ1) is 11.7. The topological polar surface area (TPSA) is 62.6 Å². The third-order valence-corrected chi connectivity index (χ3v) is 6.47. The highest BCUT2D eigenvalue weighted by molar-refractivity contribution is 7.22. The molecule has 2 aliphatic rings. The minimum atomic E-state index is -0.176. The van der Waals surface area contributed by atoms with E-state index in [4.69, 9.17) is 0 Å². The van der Waals surface area contributed by atoms with Crippen LogP contribution in [0.5, 0.6) is 0 Å². The Bertz CT molecular complexity index is 802. The Morgan fingerprint density at radius 1 is 1.25 bits per heavy atom. The Hall–Kier alpha value is -1.70. The summed E-state index contributed by atoms with van der Waals surface area (Å²) in [6, 6.07) is 3.89. The summed E-state index contributed by atoms with van der Waals surface area (Å²) in [6.45, 7) is 3.65. The lowest BCUT2D eigenvalue weighted by Gasteiger charge is -2.14. The van der Waals surface area contributed by atoms with Gasteiger partial charge in [-0.3, -0.25) is 14.6 Å². The van der Waals surface area contributed by atoms with Crippen LogP contribution in [0.4, 0.5) is 0 Å². The number of rotatable bonds is 4. The van der Waals surface area contributed by atoms with Crippen molar-refractivity contribution in [3.05, 3.63) is 28.1 Å². The molecule has 0 amide bonds. The number of aromatic nitrogens is 1. The molecule has 0 aromatic carbocycles. The van der Waals surface area contributed by atoms with E-state index in [0.717, 1.165) is 29.5 Å². The average molecular weight is 359 g/mol. The maximum atomic E-state index is 12.6. The number of aliphatic imine (C=N–C) groups is 1. The summed E-state index contributed by atoms with van der Waals surface area (Å²) in [7, 11) is 0. The summed E-state index contributed by atoms with van der Waals surface area (Å²) in [5.41, 5.74) is 0.661. The van der Waals surface area contributed by atoms with Crippen molar-refractivity contribution in [1.82, 2.24) is 9.88 Å². The lowest BCUT2D eigenvalue weighted by Crippen LogP contribution is -2.28. The maximum absolute atomic E-state index is 12.6. The first-order valence-corrected chi connectivity index (χ1v) is 9.80. The fourth-order valence-electron chi connectivity index (χ4n) is 3.08. The van der Waals surface area contributed by atoms with Gasteiger partial charge in [-0.2, -0.15) is 0 Å². The second-order valence-corrected chi connectivity index (χ2v) is 7.93. The molecule has 3 heterocycles. The highest BCUT2D eigenvalue weighted by Gasteiger charge is 2.33. The second-order valence-electron chi connectivity index (χ2n) is 5.98. The molecule has 24 heavy (non-hydrogen) atoms. The fraction of sp³-hybridized carbons (Fsp3) is 0.412. The van der Waals surface area contributed by atoms with Crippen LogP contribution < -0.4 is 0 Å². The number of fused-ring (bicyclic) bond motifs is 1. The zero-order valence-electron chi connectivity index (χ0n) is 13.2. The van der Waals surface area contributed by atoms with Gasteiger partial charge in [0.05, 0.1) is 23.6 Å². The SMILES string of the molecule is O=C1C(=NCCN2CCCC2)CC(=O)c2sc(-c3cccs3)nc21. The van der Waals surface area contributed by atoms with E-state index < -0.39 is 0 Å². The van der Waals surface area contributed by atoms with Crippen molar-refractivity contribution in [1.29, 1.82) is 0 Å². The third-order valence-electron chi connectivity index (χ3n) is 4.34. The molecule has 2 aromatic rings. The molecule has 1 saturated heterocycles. The number of hydrogen-bond acceptors (Lipinski definition) is 7. The zero-order valence-corrected chi connectivity index (χ0v) is 14.8. The first kappa shape index (κ1) is 15.8. The quantitative estimate of drug-likeness (QED) is 0.841. The van der Waals surface area contributed by atoms with Gasteiger partial charge in [-0.05, 0) is 37.4 Å². The predicted molar refractivity (Wildman–Crippen MR) is 96.7 cm³/mol. The largest absolute Gasteiger partial charge is 0.301 e. The molecule has 0 atom stereocenters. The standard InChI is InChI=1S/C17H17N3O2S2/c21-12-10-11(18-5-8-20-6-1-2-7-20)15(22)14-16(12)24-17(19-14)13-4-3-9-23-13/h3-4,9H,1-2,5-8,10H2. The Balaban J connectivity index is 1.54. The van der Waals surface area contributed by atoms with Gasteiger partial charge in [-0.25, -0.2) is 4.98 Å². The molecule has 5 nitrogen and oxygen atoms in total. The van der Waals surface area contributed by atoms with Crippen LogP contribution in [0.15, 0.2) is 22.5 Å². The van der Waals surface area contributed by atoms with Gasteiger partial charge in [0.1, 0.15) is 15.6 Å². The first-order valence-electron chi connectivity index (χ1n) is 8.10. The summed E-state index contributed by atoms with van der Waals surface area (Å²) in [6.07, 6.45) is 2.58. The van der Waals surface area contributed by atoms with Crippen LogP contribution in [-0.2, 0) is 0 Å². The number of Topliss-reactive ketones (excluding diaryl/α,β-unsaturated/α-hetero) is 2. The Labute approximate surface area is 148 Å². The minimum absolute atomic E-state index is 0.0372. The molecule has 0 N–H and O–H groups in total. The Morgan fingerprint density at radius 3 is 2.83 bits per heavy atom. The number of thiophene rings is 1. The zero-order chi connectivity index (χ0) is 16.5. The minimum Gasteiger partial charge on any atom is -0.301 e. The van der Waals surface area contributed by atoms with Crippen molar-refractivity contribution >= 4 is 40.0 Å². The van der Waals surface area contributed by atoms with E-state index in [1.807, 2.05) is 17.5 Å². The Kier molecular flexibility index (Phi) is 4.39. The summed E-state index contributed by atoms with van der Waals surface area (Å²) in [4.78, 5) is 37.7. The highest BCUT2D eigenvalue weighted by atomic mass is 32.1. The van der Waals surface area contributed by atoms with Crippen LogP contribution in [0.2, 0.25) is 0 Å². The number of nitrogens with zero attached hydrogens (tertiary/aromatic N) is 3. The van der Waals surface area contributed by atoms with Crippen molar-refractivity contribution in [3.8, 4) is 9.88 Å². The number of carbonyl (C=O) groups excluding carboxylic acids is 2. The Morgan fingerprint density at radius 2 is 2.08 bits per heavy atom. The van der Waals surface area contributed by atoms with Crippen molar-refractivity contribution in [2.24, 2.45) is 4.99 Å². The van der Waals surface area contributed by atoms with Gasteiger partial charge >= 0.3 is 0 Å². The number of hydrogen-bond donors (Lipinski definition) is 0. The van der Waals surface area contributed by atoms with Gasteiger partial charge in [0.25, 0.3) is 0 Å². The van der Waals surface area contributed by atoms with E-state index in [-0.39, 0.29) is 18.0 Å². The van der Waals surface area contributed by atoms with Crippen molar-refractivity contribution in [3.63, 3.8) is 0 Å². The van der Waals surface area contributed by atoms with Crippen LogP contribution >= 0.6 is 22.7 Å². The number of carbonyl (C=O) groups is 2. The molecule has 0 spiro atoms. The van der Waals surface area contributed by atoms with Crippen LogP contribution in [-0.4, -0.2) is 53.3 Å². The van der Waals surface area contributed by atoms with E-state index >= 15 is 0 Å². The van der Waals surface area contributed by atoms with E-state index in [2.05, 4.69) is 14.9 Å². The normalized spacial score (nSPS) is 20.1. The molecule has 1 aliphatic heterocycles. The maximum Gasteiger partial charge on any atom is 0.227 e. The van der Waals surface area contributed by atoms with E-state index in [9.17, 15) is 9.59 Å². The van der Waals surface area contributed by atoms with Crippen LogP contribution in [0.25, 0.3) is 9.88 Å². The average Bonchev–Trinajstić information content (AvgIpc) is 3.31. The molecule has 0 radical (unpaired) electrons. The van der Waals surface area contributed by atoms with Gasteiger partial charge in [0.15, 0.2) is 5.78 Å². The summed E-state index contributed by atoms with van der Waals surface area (Å²) in [5.74, 6) is -0.213. The molecular formula is C17H17N3O2S2. The number of thiazole rings is 1. The van der Waals surface area contributed by atoms with E-state index in [1.165, 1.54) is 24.2 Å². The van der Waals surface area contributed by atoms with E-state index in [0.29, 0.717) is 22.8 Å². The fourth-order valence-corrected chi connectivity index (χ4v) is 4.87. The number of ketones is 2. The van der Waals surface area contributed by atoms with Gasteiger partial charge in [0, 0.05) is 6.54 Å². The molecule has 0 unspecified atom stereocenters. The molecule has 1 fully saturated rings. The summed E-state index contributed by atoms with van der Waals surface area (Å²) in [5, 5.41) is 2.71. The lowest BCUT2D eigenvalue weighted by atomic mass is 9.98. The van der Waals surface area contributed by atoms with E-state index in [1.54, 1.807) is 11.3 Å². The van der Waals surface area contributed by atoms with Crippen LogP contribution in [0, 0.1) is 0 Å². The van der Waals surface area contributed by atoms with Gasteiger partial charge in [-0.1, -0.05) is 6.07 Å². The molecular weight excluding hydrogens is 342 g/mol. The summed E-state index contributed by atoms with van der Waals surface area (Å²) >= 11 is 2.88. The van der Waals surface area contributed by atoms with Gasteiger partial charge in [0.2, 0.25) is 5.78 Å². The van der Waals surface area contributed by atoms with Crippen molar-refractivity contribution < 1.29 is 9.59 Å². The third kappa shape index (κ3) is 2.99. The van der Waals surface area contributed by atoms with Gasteiger partial charge in [-0.15, -0.1) is 22.7 Å². The smallest absolute Gasteiger partial charge is 0.227 e. The molecule has 4 rings (SSSR count). The number of likely N-dealkylation sites (tertiary alicyclic amines) is 1. The van der Waals surface area contributed by atoms with Crippen LogP contribution in [0.1, 0.15) is 39.4 Å². The van der Waals surface area contributed by atoms with Crippen molar-refractivity contribution in [2.45, 2.75) is 19.3 Å². The molecule has 124 valence electrons. The molecule has 0 bridgehead atoms. The van der Waals surface area contributed by atoms with Crippen LogP contribution in [0.3, 0.4) is 0 Å². The molecule has 0 saturated carbocycles. The molecule has 2 aromatic heterocycles. The second kappa shape index (κ2) is 6.66. The van der Waals surface area contributed by atoms with Crippen molar-refractivity contribution in [2.75, 3.05) is 26.2 Å². The molecule has 7 heteroatoms.